The van der Waals surface area contributed by atoms with Gasteiger partial charge in [0.1, 0.15) is 11.6 Å². The first kappa shape index (κ1) is 12.8. The van der Waals surface area contributed by atoms with Crippen LogP contribution < -0.4 is 4.74 Å². The zero-order valence-electron chi connectivity index (χ0n) is 9.15. The van der Waals surface area contributed by atoms with Crippen molar-refractivity contribution >= 4 is 0 Å². The predicted molar refractivity (Wildman–Crippen MR) is 52.0 cm³/mol. The highest BCUT2D eigenvalue weighted by molar-refractivity contribution is 5.34. The van der Waals surface area contributed by atoms with E-state index in [4.69, 9.17) is 4.74 Å². The molecule has 0 unspecified atom stereocenters. The van der Waals surface area contributed by atoms with Gasteiger partial charge in [-0.15, -0.1) is 0 Å². The van der Waals surface area contributed by atoms with Gasteiger partial charge in [0.25, 0.3) is 0 Å². The summed E-state index contributed by atoms with van der Waals surface area (Å²) in [5.74, 6) is -0.721. The summed E-state index contributed by atoms with van der Waals surface area (Å²) in [6.07, 6.45) is -4.50. The van der Waals surface area contributed by atoms with E-state index in [1.165, 1.54) is 13.2 Å². The first-order valence-electron chi connectivity index (χ1n) is 4.61. The highest BCUT2D eigenvalue weighted by atomic mass is 19.4. The maximum atomic E-state index is 13.5. The van der Waals surface area contributed by atoms with Gasteiger partial charge in [-0.2, -0.15) is 13.2 Å². The summed E-state index contributed by atoms with van der Waals surface area (Å²) < 4.78 is 56.3. The van der Waals surface area contributed by atoms with E-state index in [0.717, 1.165) is 26.0 Å². The highest BCUT2D eigenvalue weighted by Gasteiger charge is 2.49. The second kappa shape index (κ2) is 3.96. The largest absolute Gasteiger partial charge is 0.497 e. The van der Waals surface area contributed by atoms with Crippen molar-refractivity contribution in [1.29, 1.82) is 0 Å². The van der Waals surface area contributed by atoms with Crippen LogP contribution in [0.25, 0.3) is 0 Å². The van der Waals surface area contributed by atoms with Crippen LogP contribution in [0.4, 0.5) is 17.6 Å². The van der Waals surface area contributed by atoms with Crippen molar-refractivity contribution < 1.29 is 22.3 Å². The Labute approximate surface area is 91.0 Å². The summed E-state index contributed by atoms with van der Waals surface area (Å²) in [4.78, 5) is 0. The summed E-state index contributed by atoms with van der Waals surface area (Å²) in [7, 11) is 1.32. The molecule has 90 valence electrons. The van der Waals surface area contributed by atoms with Gasteiger partial charge in [-0.05, 0) is 19.9 Å². The van der Waals surface area contributed by atoms with Crippen LogP contribution in [0.3, 0.4) is 0 Å². The van der Waals surface area contributed by atoms with Crippen LogP contribution in [0.5, 0.6) is 5.75 Å². The van der Waals surface area contributed by atoms with Gasteiger partial charge in [0, 0.05) is 11.6 Å². The van der Waals surface area contributed by atoms with Crippen LogP contribution in [0.2, 0.25) is 0 Å². The Morgan fingerprint density at radius 2 is 1.69 bits per heavy atom. The van der Waals surface area contributed by atoms with Gasteiger partial charge in [0.15, 0.2) is 0 Å². The van der Waals surface area contributed by atoms with Gasteiger partial charge in [-0.3, -0.25) is 0 Å². The lowest BCUT2D eigenvalue weighted by molar-refractivity contribution is -0.180. The molecular formula is C11H12F4O. The van der Waals surface area contributed by atoms with Crippen molar-refractivity contribution in [3.8, 4) is 5.75 Å². The molecule has 0 aliphatic heterocycles. The van der Waals surface area contributed by atoms with E-state index in [2.05, 4.69) is 0 Å². The van der Waals surface area contributed by atoms with Crippen molar-refractivity contribution in [2.24, 2.45) is 0 Å². The first-order chi connectivity index (χ1) is 7.20. The van der Waals surface area contributed by atoms with Crippen LogP contribution in [-0.2, 0) is 5.41 Å². The Morgan fingerprint density at radius 1 is 1.12 bits per heavy atom. The molecule has 1 aromatic rings. The van der Waals surface area contributed by atoms with Crippen LogP contribution in [0.1, 0.15) is 19.4 Å². The maximum Gasteiger partial charge on any atom is 0.398 e. The third-order valence-corrected chi connectivity index (χ3v) is 2.56. The smallest absolute Gasteiger partial charge is 0.398 e. The summed E-state index contributed by atoms with van der Waals surface area (Å²) in [6.45, 7) is 1.88. The van der Waals surface area contributed by atoms with Crippen LogP contribution in [0, 0.1) is 5.82 Å². The maximum absolute atomic E-state index is 13.5. The average Bonchev–Trinajstić information content (AvgIpc) is 2.15. The minimum absolute atomic E-state index is 0.194. The number of hydrogen-bond donors (Lipinski definition) is 0. The van der Waals surface area contributed by atoms with E-state index in [-0.39, 0.29) is 11.3 Å². The molecule has 0 aliphatic rings. The third kappa shape index (κ3) is 2.13. The normalized spacial score (nSPS) is 12.7. The lowest BCUT2D eigenvalue weighted by atomic mass is 9.83. The second-order valence-corrected chi connectivity index (χ2v) is 3.97. The van der Waals surface area contributed by atoms with Gasteiger partial charge < -0.3 is 4.74 Å². The Balaban J connectivity index is 3.24. The van der Waals surface area contributed by atoms with Gasteiger partial charge >= 0.3 is 6.18 Å². The van der Waals surface area contributed by atoms with Crippen LogP contribution >= 0.6 is 0 Å². The molecule has 0 N–H and O–H groups in total. The fourth-order valence-corrected chi connectivity index (χ4v) is 1.28. The molecule has 0 aliphatic carbocycles. The van der Waals surface area contributed by atoms with Gasteiger partial charge in [-0.25, -0.2) is 4.39 Å². The van der Waals surface area contributed by atoms with E-state index in [1.54, 1.807) is 0 Å². The lowest BCUT2D eigenvalue weighted by Gasteiger charge is -2.28. The molecular weight excluding hydrogens is 224 g/mol. The Hall–Kier alpha value is -1.26. The van der Waals surface area contributed by atoms with Crippen molar-refractivity contribution in [3.05, 3.63) is 29.6 Å². The molecule has 0 saturated heterocycles. The molecule has 1 aromatic carbocycles. The number of alkyl halides is 3. The number of benzene rings is 1. The molecule has 0 bridgehead atoms. The summed E-state index contributed by atoms with van der Waals surface area (Å²) in [6, 6.07) is 3.36. The molecule has 0 atom stereocenters. The molecule has 1 nitrogen and oxygen atoms in total. The number of methoxy groups -OCH3 is 1. The molecule has 0 aromatic heterocycles. The van der Waals surface area contributed by atoms with Crippen LogP contribution in [0.15, 0.2) is 18.2 Å². The summed E-state index contributed by atoms with van der Waals surface area (Å²) in [5.41, 5.74) is -2.61. The van der Waals surface area contributed by atoms with Crippen molar-refractivity contribution in [2.75, 3.05) is 7.11 Å². The average molecular weight is 236 g/mol. The highest BCUT2D eigenvalue weighted by Crippen LogP contribution is 2.41. The summed E-state index contributed by atoms with van der Waals surface area (Å²) in [5, 5.41) is 0. The quantitative estimate of drug-likeness (QED) is 0.712. The molecule has 5 heteroatoms. The van der Waals surface area contributed by atoms with E-state index >= 15 is 0 Å². The van der Waals surface area contributed by atoms with Crippen molar-refractivity contribution in [1.82, 2.24) is 0 Å². The molecule has 0 heterocycles. The Kier molecular flexibility index (Phi) is 3.17. The number of halogens is 4. The molecule has 0 saturated carbocycles. The molecule has 16 heavy (non-hydrogen) atoms. The molecule has 0 amide bonds. The zero-order valence-corrected chi connectivity index (χ0v) is 9.15. The third-order valence-electron chi connectivity index (χ3n) is 2.56. The number of hydrogen-bond acceptors (Lipinski definition) is 1. The standard InChI is InChI=1S/C11H12F4O/c1-10(2,11(13,14)15)8-5-4-7(16-3)6-9(8)12/h4-6H,1-3H3. The molecule has 1 rings (SSSR count). The zero-order chi connectivity index (χ0) is 12.6. The first-order valence-corrected chi connectivity index (χ1v) is 4.61. The molecule has 0 radical (unpaired) electrons. The van der Waals surface area contributed by atoms with Gasteiger partial charge in [-0.1, -0.05) is 6.07 Å². The minimum atomic E-state index is -4.50. The lowest BCUT2D eigenvalue weighted by Crippen LogP contribution is -2.37. The molecule has 0 fully saturated rings. The monoisotopic (exact) mass is 236 g/mol. The van der Waals surface area contributed by atoms with Gasteiger partial charge in [0.2, 0.25) is 0 Å². The predicted octanol–water partition coefficient (Wildman–Crippen LogP) is 3.67. The molecule has 0 spiro atoms. The Bertz CT molecular complexity index is 382. The SMILES string of the molecule is COc1ccc(C(C)(C)C(F)(F)F)c(F)c1. The van der Waals surface area contributed by atoms with Crippen molar-refractivity contribution in [3.63, 3.8) is 0 Å². The van der Waals surface area contributed by atoms with Crippen LogP contribution in [-0.4, -0.2) is 13.3 Å². The Morgan fingerprint density at radius 3 is 2.06 bits per heavy atom. The fourth-order valence-electron chi connectivity index (χ4n) is 1.28. The number of ether oxygens (including phenoxy) is 1. The van der Waals surface area contributed by atoms with Gasteiger partial charge in [0.05, 0.1) is 12.5 Å². The summed E-state index contributed by atoms with van der Waals surface area (Å²) >= 11 is 0. The second-order valence-electron chi connectivity index (χ2n) is 3.97. The van der Waals surface area contributed by atoms with E-state index < -0.39 is 17.4 Å². The van der Waals surface area contributed by atoms with E-state index in [1.807, 2.05) is 0 Å². The van der Waals surface area contributed by atoms with Crippen molar-refractivity contribution in [2.45, 2.75) is 25.4 Å². The topological polar surface area (TPSA) is 9.23 Å². The minimum Gasteiger partial charge on any atom is -0.497 e. The van der Waals surface area contributed by atoms with E-state index in [9.17, 15) is 17.6 Å². The fraction of sp³-hybridized carbons (Fsp3) is 0.455. The van der Waals surface area contributed by atoms with E-state index in [0.29, 0.717) is 0 Å². The number of rotatable bonds is 2.